The fourth-order valence-electron chi connectivity index (χ4n) is 1.86. The number of tetrazole rings is 1. The van der Waals surface area contributed by atoms with Crippen LogP contribution in [0.25, 0.3) is 5.69 Å². The van der Waals surface area contributed by atoms with E-state index in [0.29, 0.717) is 16.9 Å². The highest BCUT2D eigenvalue weighted by Gasteiger charge is 2.08. The molecule has 0 unspecified atom stereocenters. The molecule has 1 aromatic heterocycles. The van der Waals surface area contributed by atoms with Crippen LogP contribution in [0.4, 0.5) is 5.69 Å². The summed E-state index contributed by atoms with van der Waals surface area (Å²) in [6.45, 7) is 0. The molecule has 0 fully saturated rings. The Balaban J connectivity index is 1.83. The summed E-state index contributed by atoms with van der Waals surface area (Å²) in [6.07, 6.45) is 1.45. The number of aromatic hydroxyl groups is 1. The Morgan fingerprint density at radius 2 is 2.00 bits per heavy atom. The molecular weight excluding hydrogens is 270 g/mol. The van der Waals surface area contributed by atoms with E-state index in [-0.39, 0.29) is 11.7 Å². The second-order valence-electron chi connectivity index (χ2n) is 4.31. The SMILES string of the molecule is O=C(Nc1cccc(O)c1)c1cccc(-n2cnnn2)c1. The second-order valence-corrected chi connectivity index (χ2v) is 4.31. The number of anilines is 1. The van der Waals surface area contributed by atoms with Crippen LogP contribution in [0.5, 0.6) is 5.75 Å². The minimum absolute atomic E-state index is 0.0928. The lowest BCUT2D eigenvalue weighted by Gasteiger charge is -2.07. The molecule has 0 aliphatic carbocycles. The summed E-state index contributed by atoms with van der Waals surface area (Å²) in [4.78, 5) is 12.2. The van der Waals surface area contributed by atoms with Gasteiger partial charge in [0.1, 0.15) is 12.1 Å². The quantitative estimate of drug-likeness (QED) is 0.761. The smallest absolute Gasteiger partial charge is 0.255 e. The van der Waals surface area contributed by atoms with Crippen molar-refractivity contribution in [3.05, 3.63) is 60.4 Å². The zero-order valence-electron chi connectivity index (χ0n) is 10.8. The van der Waals surface area contributed by atoms with Gasteiger partial charge in [-0.3, -0.25) is 4.79 Å². The van der Waals surface area contributed by atoms with Gasteiger partial charge in [0.2, 0.25) is 0 Å². The third kappa shape index (κ3) is 2.86. The van der Waals surface area contributed by atoms with Gasteiger partial charge >= 0.3 is 0 Å². The maximum atomic E-state index is 12.2. The van der Waals surface area contributed by atoms with Gasteiger partial charge in [-0.05, 0) is 40.8 Å². The van der Waals surface area contributed by atoms with Crippen LogP contribution >= 0.6 is 0 Å². The van der Waals surface area contributed by atoms with E-state index in [9.17, 15) is 9.90 Å². The standard InChI is InChI=1S/C14H11N5O2/c20-13-6-2-4-11(8-13)16-14(21)10-3-1-5-12(7-10)19-9-15-17-18-19/h1-9,20H,(H,16,21). The number of benzene rings is 2. The van der Waals surface area contributed by atoms with Gasteiger partial charge in [-0.2, -0.15) is 0 Å². The summed E-state index contributed by atoms with van der Waals surface area (Å²) in [5.41, 5.74) is 1.67. The number of phenolic OH excluding ortho intramolecular Hbond substituents is 1. The predicted molar refractivity (Wildman–Crippen MR) is 75.2 cm³/mol. The van der Waals surface area contributed by atoms with Crippen molar-refractivity contribution in [2.45, 2.75) is 0 Å². The molecule has 0 aliphatic rings. The largest absolute Gasteiger partial charge is 0.508 e. The molecule has 104 valence electrons. The van der Waals surface area contributed by atoms with Crippen LogP contribution in [0.3, 0.4) is 0 Å². The molecule has 7 nitrogen and oxygen atoms in total. The normalized spacial score (nSPS) is 10.3. The number of carbonyl (C=O) groups excluding carboxylic acids is 1. The molecular formula is C14H11N5O2. The van der Waals surface area contributed by atoms with E-state index < -0.39 is 0 Å². The van der Waals surface area contributed by atoms with Gasteiger partial charge in [0.05, 0.1) is 5.69 Å². The molecule has 1 amide bonds. The van der Waals surface area contributed by atoms with E-state index in [4.69, 9.17) is 0 Å². The van der Waals surface area contributed by atoms with Gasteiger partial charge < -0.3 is 10.4 Å². The first-order valence-corrected chi connectivity index (χ1v) is 6.16. The Labute approximate surface area is 119 Å². The first-order chi connectivity index (χ1) is 10.2. The van der Waals surface area contributed by atoms with E-state index in [1.165, 1.54) is 23.1 Å². The van der Waals surface area contributed by atoms with E-state index in [2.05, 4.69) is 20.8 Å². The van der Waals surface area contributed by atoms with Crippen LogP contribution < -0.4 is 5.32 Å². The van der Waals surface area contributed by atoms with Gasteiger partial charge in [-0.15, -0.1) is 5.10 Å². The third-order valence-corrected chi connectivity index (χ3v) is 2.83. The van der Waals surface area contributed by atoms with E-state index in [1.807, 2.05) is 0 Å². The van der Waals surface area contributed by atoms with Crippen molar-refractivity contribution < 1.29 is 9.90 Å². The summed E-state index contributed by atoms with van der Waals surface area (Å²) in [6, 6.07) is 13.3. The number of nitrogens with one attached hydrogen (secondary N) is 1. The summed E-state index contributed by atoms with van der Waals surface area (Å²) >= 11 is 0. The molecule has 3 rings (SSSR count). The average Bonchev–Trinajstić information content (AvgIpc) is 3.02. The number of hydrogen-bond acceptors (Lipinski definition) is 5. The Bertz CT molecular complexity index is 771. The third-order valence-electron chi connectivity index (χ3n) is 2.83. The number of carbonyl (C=O) groups is 1. The molecule has 21 heavy (non-hydrogen) atoms. The topological polar surface area (TPSA) is 92.9 Å². The Hall–Kier alpha value is -3.22. The lowest BCUT2D eigenvalue weighted by molar-refractivity contribution is 0.102. The van der Waals surface area contributed by atoms with Crippen molar-refractivity contribution in [1.29, 1.82) is 0 Å². The highest BCUT2D eigenvalue weighted by atomic mass is 16.3. The predicted octanol–water partition coefficient (Wildman–Crippen LogP) is 1.62. The number of aromatic nitrogens is 4. The maximum absolute atomic E-state index is 12.2. The number of amides is 1. The molecule has 0 bridgehead atoms. The van der Waals surface area contributed by atoms with Crippen molar-refractivity contribution in [3.63, 3.8) is 0 Å². The molecule has 0 aliphatic heterocycles. The van der Waals surface area contributed by atoms with Gasteiger partial charge in [-0.25, -0.2) is 4.68 Å². The molecule has 2 aromatic carbocycles. The number of hydrogen-bond donors (Lipinski definition) is 2. The molecule has 0 saturated heterocycles. The van der Waals surface area contributed by atoms with Gasteiger partial charge in [-0.1, -0.05) is 12.1 Å². The van der Waals surface area contributed by atoms with Crippen molar-refractivity contribution in [2.75, 3.05) is 5.32 Å². The first-order valence-electron chi connectivity index (χ1n) is 6.16. The number of nitrogens with zero attached hydrogens (tertiary/aromatic N) is 4. The Morgan fingerprint density at radius 1 is 1.14 bits per heavy atom. The van der Waals surface area contributed by atoms with Crippen molar-refractivity contribution in [1.82, 2.24) is 20.2 Å². The molecule has 3 aromatic rings. The summed E-state index contributed by atoms with van der Waals surface area (Å²) in [5, 5.41) is 23.0. The maximum Gasteiger partial charge on any atom is 0.255 e. The molecule has 0 atom stereocenters. The molecule has 2 N–H and O–H groups in total. The first kappa shape index (κ1) is 12.8. The van der Waals surface area contributed by atoms with Crippen molar-refractivity contribution >= 4 is 11.6 Å². The summed E-state index contributed by atoms with van der Waals surface area (Å²) in [5.74, 6) is -0.189. The fraction of sp³-hybridized carbons (Fsp3) is 0. The lowest BCUT2D eigenvalue weighted by atomic mass is 10.2. The monoisotopic (exact) mass is 281 g/mol. The van der Waals surface area contributed by atoms with Crippen LogP contribution in [0.2, 0.25) is 0 Å². The summed E-state index contributed by atoms with van der Waals surface area (Å²) in [7, 11) is 0. The zero-order valence-corrected chi connectivity index (χ0v) is 10.8. The molecule has 7 heteroatoms. The summed E-state index contributed by atoms with van der Waals surface area (Å²) < 4.78 is 1.46. The molecule has 0 spiro atoms. The number of phenols is 1. The van der Waals surface area contributed by atoms with Gasteiger partial charge in [0, 0.05) is 17.3 Å². The second kappa shape index (κ2) is 5.41. The van der Waals surface area contributed by atoms with Crippen LogP contribution in [0, 0.1) is 0 Å². The molecule has 1 heterocycles. The van der Waals surface area contributed by atoms with Gasteiger partial charge in [0.25, 0.3) is 5.91 Å². The average molecular weight is 281 g/mol. The molecule has 0 saturated carbocycles. The molecule has 0 radical (unpaired) electrons. The van der Waals surface area contributed by atoms with E-state index >= 15 is 0 Å². The minimum atomic E-state index is -0.282. The highest BCUT2D eigenvalue weighted by Crippen LogP contribution is 2.17. The van der Waals surface area contributed by atoms with Crippen LogP contribution in [-0.4, -0.2) is 31.2 Å². The van der Waals surface area contributed by atoms with Crippen LogP contribution in [0.1, 0.15) is 10.4 Å². The lowest BCUT2D eigenvalue weighted by Crippen LogP contribution is -2.12. The zero-order chi connectivity index (χ0) is 14.7. The van der Waals surface area contributed by atoms with Crippen molar-refractivity contribution in [3.8, 4) is 11.4 Å². The van der Waals surface area contributed by atoms with Crippen molar-refractivity contribution in [2.24, 2.45) is 0 Å². The van der Waals surface area contributed by atoms with Crippen LogP contribution in [-0.2, 0) is 0 Å². The van der Waals surface area contributed by atoms with E-state index in [1.54, 1.807) is 36.4 Å². The number of rotatable bonds is 3. The fourth-order valence-corrected chi connectivity index (χ4v) is 1.86. The minimum Gasteiger partial charge on any atom is -0.508 e. The Morgan fingerprint density at radius 3 is 2.76 bits per heavy atom. The van der Waals surface area contributed by atoms with Crippen LogP contribution in [0.15, 0.2) is 54.9 Å². The highest BCUT2D eigenvalue weighted by molar-refractivity contribution is 6.04. The van der Waals surface area contributed by atoms with E-state index in [0.717, 1.165) is 0 Å². The van der Waals surface area contributed by atoms with Gasteiger partial charge in [0.15, 0.2) is 0 Å². The Kier molecular flexibility index (Phi) is 3.30.